The summed E-state index contributed by atoms with van der Waals surface area (Å²) in [6, 6.07) is 14.5. The Morgan fingerprint density at radius 1 is 1.11 bits per heavy atom. The molecular weight excluding hydrogens is 343 g/mol. The SMILES string of the molecule is COc1ccc(CN2CC[C@H]3C[C@@H]2C(=O)N(Cc2cccc(F)c2)C3)cc1. The van der Waals surface area contributed by atoms with Gasteiger partial charge in [-0.25, -0.2) is 4.39 Å². The minimum Gasteiger partial charge on any atom is -0.497 e. The number of amides is 1. The molecule has 27 heavy (non-hydrogen) atoms. The Morgan fingerprint density at radius 3 is 2.67 bits per heavy atom. The van der Waals surface area contributed by atoms with E-state index in [9.17, 15) is 9.18 Å². The maximum absolute atomic E-state index is 13.5. The third-order valence-electron chi connectivity index (χ3n) is 5.70. The summed E-state index contributed by atoms with van der Waals surface area (Å²) in [7, 11) is 1.66. The lowest BCUT2D eigenvalue weighted by Gasteiger charge is -2.46. The molecule has 0 N–H and O–H groups in total. The quantitative estimate of drug-likeness (QED) is 0.810. The molecule has 1 amide bonds. The number of likely N-dealkylation sites (tertiary alicyclic amines) is 2. The molecule has 5 heteroatoms. The van der Waals surface area contributed by atoms with Crippen LogP contribution in [-0.2, 0) is 17.9 Å². The standard InChI is InChI=1S/C22H25FN2O2/c1-27-20-7-5-16(6-8-20)13-24-10-9-18-12-21(24)22(26)25(15-18)14-17-3-2-4-19(23)11-17/h2-8,11,18,21H,9-10,12-15H2,1H3/t18-,21+/m0/s1. The van der Waals surface area contributed by atoms with Crippen molar-refractivity contribution in [2.45, 2.75) is 32.0 Å². The molecule has 2 fully saturated rings. The predicted molar refractivity (Wildman–Crippen MR) is 102 cm³/mol. The number of benzene rings is 2. The number of methoxy groups -OCH3 is 1. The highest BCUT2D eigenvalue weighted by molar-refractivity contribution is 5.83. The number of hydrogen-bond donors (Lipinski definition) is 0. The highest BCUT2D eigenvalue weighted by Crippen LogP contribution is 2.32. The lowest BCUT2D eigenvalue weighted by molar-refractivity contribution is -0.146. The minimum absolute atomic E-state index is 0.0758. The molecule has 2 saturated heterocycles. The molecule has 2 aromatic carbocycles. The minimum atomic E-state index is -0.252. The molecule has 0 spiro atoms. The van der Waals surface area contributed by atoms with Gasteiger partial charge in [0.1, 0.15) is 11.6 Å². The molecule has 2 aromatic rings. The van der Waals surface area contributed by atoms with Gasteiger partial charge in [0.2, 0.25) is 5.91 Å². The fourth-order valence-corrected chi connectivity index (χ4v) is 4.27. The average Bonchev–Trinajstić information content (AvgIpc) is 2.68. The first-order chi connectivity index (χ1) is 13.1. The number of rotatable bonds is 5. The van der Waals surface area contributed by atoms with E-state index in [4.69, 9.17) is 4.74 Å². The number of ether oxygens (including phenoxy) is 1. The molecule has 2 atom stereocenters. The molecule has 142 valence electrons. The summed E-state index contributed by atoms with van der Waals surface area (Å²) >= 11 is 0. The van der Waals surface area contributed by atoms with Crippen LogP contribution in [0.25, 0.3) is 0 Å². The third kappa shape index (κ3) is 3.98. The zero-order chi connectivity index (χ0) is 18.8. The van der Waals surface area contributed by atoms with Gasteiger partial charge < -0.3 is 9.64 Å². The normalized spacial score (nSPS) is 22.7. The van der Waals surface area contributed by atoms with Crippen molar-refractivity contribution >= 4 is 5.91 Å². The Balaban J connectivity index is 1.46. The van der Waals surface area contributed by atoms with Gasteiger partial charge in [0.05, 0.1) is 13.2 Å². The molecule has 0 unspecified atom stereocenters. The number of fused-ring (bicyclic) bond motifs is 2. The van der Waals surface area contributed by atoms with E-state index in [0.29, 0.717) is 12.5 Å². The van der Waals surface area contributed by atoms with E-state index in [1.165, 1.54) is 17.7 Å². The van der Waals surface area contributed by atoms with E-state index in [1.54, 1.807) is 13.2 Å². The van der Waals surface area contributed by atoms with Gasteiger partial charge in [-0.1, -0.05) is 24.3 Å². The van der Waals surface area contributed by atoms with Crippen LogP contribution in [0, 0.1) is 11.7 Å². The Hall–Kier alpha value is -2.40. The molecule has 0 aromatic heterocycles. The lowest BCUT2D eigenvalue weighted by Crippen LogP contribution is -2.58. The molecule has 2 bridgehead atoms. The second-order valence-corrected chi connectivity index (χ2v) is 7.57. The van der Waals surface area contributed by atoms with E-state index >= 15 is 0 Å². The summed E-state index contributed by atoms with van der Waals surface area (Å²) < 4.78 is 18.7. The smallest absolute Gasteiger partial charge is 0.240 e. The van der Waals surface area contributed by atoms with Crippen LogP contribution in [0.3, 0.4) is 0 Å². The van der Waals surface area contributed by atoms with Crippen LogP contribution in [-0.4, -0.2) is 41.9 Å². The molecule has 4 rings (SSSR count). The third-order valence-corrected chi connectivity index (χ3v) is 5.70. The van der Waals surface area contributed by atoms with Gasteiger partial charge in [-0.2, -0.15) is 0 Å². The van der Waals surface area contributed by atoms with Gasteiger partial charge in [0.25, 0.3) is 0 Å². The van der Waals surface area contributed by atoms with Gasteiger partial charge in [0, 0.05) is 19.6 Å². The van der Waals surface area contributed by atoms with Crippen LogP contribution < -0.4 is 4.74 Å². The molecular formula is C22H25FN2O2. The lowest BCUT2D eigenvalue weighted by atomic mass is 9.85. The van der Waals surface area contributed by atoms with E-state index < -0.39 is 0 Å². The number of nitrogens with zero attached hydrogens (tertiary/aromatic N) is 2. The molecule has 2 aliphatic rings. The van der Waals surface area contributed by atoms with Crippen molar-refractivity contribution in [2.75, 3.05) is 20.2 Å². The van der Waals surface area contributed by atoms with Crippen molar-refractivity contribution in [3.05, 3.63) is 65.5 Å². The van der Waals surface area contributed by atoms with Crippen LogP contribution in [0.1, 0.15) is 24.0 Å². The zero-order valence-corrected chi connectivity index (χ0v) is 15.6. The average molecular weight is 368 g/mol. The maximum atomic E-state index is 13.5. The molecule has 0 radical (unpaired) electrons. The van der Waals surface area contributed by atoms with E-state index in [-0.39, 0.29) is 17.8 Å². The van der Waals surface area contributed by atoms with Crippen molar-refractivity contribution in [3.8, 4) is 5.75 Å². The Morgan fingerprint density at radius 2 is 1.93 bits per heavy atom. The van der Waals surface area contributed by atoms with Crippen LogP contribution in [0.2, 0.25) is 0 Å². The zero-order valence-electron chi connectivity index (χ0n) is 15.6. The predicted octanol–water partition coefficient (Wildman–Crippen LogP) is 3.46. The Labute approximate surface area is 159 Å². The fourth-order valence-electron chi connectivity index (χ4n) is 4.27. The summed E-state index contributed by atoms with van der Waals surface area (Å²) in [5, 5.41) is 0. The van der Waals surface area contributed by atoms with Gasteiger partial charge >= 0.3 is 0 Å². The van der Waals surface area contributed by atoms with Crippen molar-refractivity contribution in [2.24, 2.45) is 5.92 Å². The molecule has 4 nitrogen and oxygen atoms in total. The number of carbonyl (C=O) groups excluding carboxylic acids is 1. The van der Waals surface area contributed by atoms with E-state index in [0.717, 1.165) is 43.8 Å². The highest BCUT2D eigenvalue weighted by Gasteiger charge is 2.41. The molecule has 2 aliphatic heterocycles. The second kappa shape index (κ2) is 7.69. The maximum Gasteiger partial charge on any atom is 0.240 e. The van der Waals surface area contributed by atoms with Crippen LogP contribution in [0.4, 0.5) is 4.39 Å². The van der Waals surface area contributed by atoms with Gasteiger partial charge in [-0.15, -0.1) is 0 Å². The summed E-state index contributed by atoms with van der Waals surface area (Å²) in [5.41, 5.74) is 2.04. The summed E-state index contributed by atoms with van der Waals surface area (Å²) in [4.78, 5) is 17.3. The number of carbonyl (C=O) groups is 1. The van der Waals surface area contributed by atoms with Crippen LogP contribution >= 0.6 is 0 Å². The largest absolute Gasteiger partial charge is 0.497 e. The fraction of sp³-hybridized carbons (Fsp3) is 0.409. The Kier molecular flexibility index (Phi) is 5.12. The van der Waals surface area contributed by atoms with Crippen molar-refractivity contribution < 1.29 is 13.9 Å². The molecule has 0 aliphatic carbocycles. The highest BCUT2D eigenvalue weighted by atomic mass is 19.1. The first-order valence-corrected chi connectivity index (χ1v) is 9.52. The van der Waals surface area contributed by atoms with Crippen LogP contribution in [0.5, 0.6) is 5.75 Å². The first kappa shape index (κ1) is 18.0. The van der Waals surface area contributed by atoms with E-state index in [2.05, 4.69) is 17.0 Å². The van der Waals surface area contributed by atoms with Gasteiger partial charge in [0.15, 0.2) is 0 Å². The summed E-state index contributed by atoms with van der Waals surface area (Å²) in [5.74, 6) is 1.29. The summed E-state index contributed by atoms with van der Waals surface area (Å²) in [6.07, 6.45) is 2.02. The number of hydrogen-bond acceptors (Lipinski definition) is 3. The monoisotopic (exact) mass is 368 g/mol. The number of halogens is 1. The second-order valence-electron chi connectivity index (χ2n) is 7.57. The van der Waals surface area contributed by atoms with Crippen molar-refractivity contribution in [1.29, 1.82) is 0 Å². The number of piperidine rings is 2. The van der Waals surface area contributed by atoms with Gasteiger partial charge in [-0.05, 0) is 60.7 Å². The van der Waals surface area contributed by atoms with Crippen LogP contribution in [0.15, 0.2) is 48.5 Å². The van der Waals surface area contributed by atoms with Crippen molar-refractivity contribution in [1.82, 2.24) is 9.80 Å². The van der Waals surface area contributed by atoms with Gasteiger partial charge in [-0.3, -0.25) is 9.69 Å². The molecule has 0 saturated carbocycles. The molecule has 2 heterocycles. The first-order valence-electron chi connectivity index (χ1n) is 9.52. The van der Waals surface area contributed by atoms with Crippen molar-refractivity contribution in [3.63, 3.8) is 0 Å². The summed E-state index contributed by atoms with van der Waals surface area (Å²) in [6.45, 7) is 2.98. The van der Waals surface area contributed by atoms with E-state index in [1.807, 2.05) is 23.1 Å². The Bertz CT molecular complexity index is 808. The topological polar surface area (TPSA) is 32.8 Å².